The van der Waals surface area contributed by atoms with Crippen LogP contribution in [0.25, 0.3) is 0 Å². The maximum Gasteiger partial charge on any atom is 0.257 e. The highest BCUT2D eigenvalue weighted by atomic mass is 28.4. The predicted octanol–water partition coefficient (Wildman–Crippen LogP) is 4.52. The number of hydrogen-bond acceptors (Lipinski definition) is 0. The summed E-state index contributed by atoms with van der Waals surface area (Å²) in [5, 5.41) is -0.278. The minimum Gasteiger partial charge on any atom is -0.313 e. The first-order valence-electron chi connectivity index (χ1n) is 4.75. The van der Waals surface area contributed by atoms with Crippen LogP contribution in [-0.4, -0.2) is 8.41 Å². The fourth-order valence-corrected chi connectivity index (χ4v) is 6.56. The molecule has 0 rings (SSSR count). The van der Waals surface area contributed by atoms with Crippen molar-refractivity contribution in [3.8, 4) is 0 Å². The second kappa shape index (κ2) is 3.13. The van der Waals surface area contributed by atoms with Crippen molar-refractivity contribution in [1.82, 2.24) is 0 Å². The average Bonchev–Trinajstić information content (AvgIpc) is 1.81. The van der Waals surface area contributed by atoms with E-state index in [1.807, 2.05) is 48.5 Å². The zero-order valence-electron chi connectivity index (χ0n) is 9.59. The highest BCUT2D eigenvalue weighted by molar-refractivity contribution is 6.78. The Hall–Kier alpha value is 0.147. The van der Waals surface area contributed by atoms with E-state index in [1.54, 1.807) is 0 Å². The van der Waals surface area contributed by atoms with Crippen LogP contribution in [0.3, 0.4) is 0 Å². The lowest BCUT2D eigenvalue weighted by molar-refractivity contribution is 0.513. The van der Waals surface area contributed by atoms with Crippen LogP contribution in [0.2, 0.25) is 16.1 Å². The minimum absolute atomic E-state index is 0.139. The molecule has 0 aromatic rings. The van der Waals surface area contributed by atoms with Gasteiger partial charge in [-0.05, 0) is 16.1 Å². The molecule has 0 saturated carbocycles. The lowest BCUT2D eigenvalue weighted by Crippen LogP contribution is -2.47. The van der Waals surface area contributed by atoms with E-state index in [0.717, 1.165) is 6.04 Å². The largest absolute Gasteiger partial charge is 0.313 e. The summed E-state index contributed by atoms with van der Waals surface area (Å²) >= 11 is 0. The van der Waals surface area contributed by atoms with E-state index in [9.17, 15) is 4.11 Å². The second-order valence-electron chi connectivity index (χ2n) is 5.65. The summed E-state index contributed by atoms with van der Waals surface area (Å²) in [4.78, 5) is 0. The maximum atomic E-state index is 14.7. The van der Waals surface area contributed by atoms with Gasteiger partial charge in [-0.1, -0.05) is 48.5 Å². The number of rotatable bonds is 1. The number of halogens is 1. The Morgan fingerprint density at radius 1 is 0.917 bits per heavy atom. The third-order valence-corrected chi connectivity index (χ3v) is 8.59. The molecule has 0 saturated heterocycles. The molecule has 0 amide bonds. The Balaban J connectivity index is 4.95. The summed E-state index contributed by atoms with van der Waals surface area (Å²) in [6.07, 6.45) is 0. The van der Waals surface area contributed by atoms with Gasteiger partial charge in [0.2, 0.25) is 0 Å². The van der Waals surface area contributed by atoms with E-state index >= 15 is 0 Å². The maximum absolute atomic E-state index is 14.7. The van der Waals surface area contributed by atoms with Gasteiger partial charge < -0.3 is 4.11 Å². The molecule has 0 radical (unpaired) electrons. The predicted molar refractivity (Wildman–Crippen MR) is 56.8 cm³/mol. The van der Waals surface area contributed by atoms with Gasteiger partial charge in [-0.2, -0.15) is 0 Å². The Morgan fingerprint density at radius 3 is 1.17 bits per heavy atom. The van der Waals surface area contributed by atoms with Crippen molar-refractivity contribution in [1.29, 1.82) is 0 Å². The molecular formula is C10H23FSi. The fourth-order valence-electron chi connectivity index (χ4n) is 2.19. The third kappa shape index (κ3) is 1.90. The van der Waals surface area contributed by atoms with E-state index in [1.165, 1.54) is 0 Å². The van der Waals surface area contributed by atoms with Gasteiger partial charge in [0.05, 0.1) is 0 Å². The highest BCUT2D eigenvalue weighted by Gasteiger charge is 2.53. The zero-order chi connectivity index (χ0) is 10.2. The molecule has 0 aliphatic heterocycles. The molecule has 0 heterocycles. The van der Waals surface area contributed by atoms with Crippen molar-refractivity contribution >= 4 is 8.41 Å². The van der Waals surface area contributed by atoms with Crippen LogP contribution in [0.1, 0.15) is 48.5 Å². The van der Waals surface area contributed by atoms with Gasteiger partial charge in [0, 0.05) is 0 Å². The molecule has 0 N–H and O–H groups in total. The summed E-state index contributed by atoms with van der Waals surface area (Å²) in [5.74, 6) is 0. The van der Waals surface area contributed by atoms with Gasteiger partial charge in [0.15, 0.2) is 0 Å². The Kier molecular flexibility index (Phi) is 3.17. The highest BCUT2D eigenvalue weighted by Crippen LogP contribution is 2.53. The number of hydrogen-bond donors (Lipinski definition) is 0. The monoisotopic (exact) mass is 190 g/mol. The Labute approximate surface area is 77.7 Å². The fraction of sp³-hybridized carbons (Fsp3) is 1.00. The molecule has 0 atom stereocenters. The van der Waals surface area contributed by atoms with E-state index in [2.05, 4.69) is 0 Å². The molecule has 0 aliphatic rings. The summed E-state index contributed by atoms with van der Waals surface area (Å²) in [7, 11) is -2.63. The Bertz CT molecular complexity index is 136. The quantitative estimate of drug-likeness (QED) is 0.421. The molecule has 0 spiro atoms. The first-order valence-corrected chi connectivity index (χ1v) is 6.83. The van der Waals surface area contributed by atoms with Crippen LogP contribution in [-0.2, 0) is 0 Å². The van der Waals surface area contributed by atoms with Crippen molar-refractivity contribution < 1.29 is 4.11 Å². The summed E-state index contributed by atoms with van der Waals surface area (Å²) in [5.41, 5.74) is 0. The van der Waals surface area contributed by atoms with Crippen LogP contribution in [0.4, 0.5) is 4.11 Å². The summed E-state index contributed by atoms with van der Waals surface area (Å²) in [6, 6.07) is 0.722. The van der Waals surface area contributed by atoms with Crippen molar-refractivity contribution in [2.45, 2.75) is 64.6 Å². The zero-order valence-corrected chi connectivity index (χ0v) is 10.6. The first kappa shape index (κ1) is 12.1. The van der Waals surface area contributed by atoms with Gasteiger partial charge in [0.1, 0.15) is 0 Å². The summed E-state index contributed by atoms with van der Waals surface area (Å²) < 4.78 is 14.7. The van der Waals surface area contributed by atoms with Crippen LogP contribution in [0.5, 0.6) is 0 Å². The lowest BCUT2D eigenvalue weighted by atomic mass is 10.2. The van der Waals surface area contributed by atoms with Crippen molar-refractivity contribution in [3.05, 3.63) is 0 Å². The molecule has 0 aromatic heterocycles. The molecule has 0 aromatic carbocycles. The van der Waals surface area contributed by atoms with Gasteiger partial charge >= 0.3 is 0 Å². The van der Waals surface area contributed by atoms with E-state index < -0.39 is 8.41 Å². The summed E-state index contributed by atoms with van der Waals surface area (Å²) in [6.45, 7) is 14.2. The topological polar surface area (TPSA) is 0 Å². The van der Waals surface area contributed by atoms with E-state index in [0.29, 0.717) is 0 Å². The van der Waals surface area contributed by atoms with Gasteiger partial charge in [-0.3, -0.25) is 0 Å². The van der Waals surface area contributed by atoms with Crippen LogP contribution in [0.15, 0.2) is 0 Å². The molecule has 74 valence electrons. The standard InChI is InChI=1S/C10H23FSi/c1-8-12(11,9(2,3)4)10(5,6)7/h8H2,1-7H3. The van der Waals surface area contributed by atoms with E-state index in [4.69, 9.17) is 0 Å². The average molecular weight is 190 g/mol. The molecular weight excluding hydrogens is 167 g/mol. The normalized spacial score (nSPS) is 15.0. The molecule has 2 heteroatoms. The minimum atomic E-state index is -2.63. The van der Waals surface area contributed by atoms with Crippen LogP contribution < -0.4 is 0 Å². The van der Waals surface area contributed by atoms with Crippen molar-refractivity contribution in [2.24, 2.45) is 0 Å². The Morgan fingerprint density at radius 2 is 1.17 bits per heavy atom. The first-order chi connectivity index (χ1) is 5.06. The van der Waals surface area contributed by atoms with Crippen molar-refractivity contribution in [2.75, 3.05) is 0 Å². The molecule has 0 fully saturated rings. The van der Waals surface area contributed by atoms with E-state index in [-0.39, 0.29) is 10.1 Å². The SMILES string of the molecule is CC[Si](F)(C(C)(C)C)C(C)(C)C. The second-order valence-corrected chi connectivity index (χ2v) is 11.0. The van der Waals surface area contributed by atoms with Gasteiger partial charge in [-0.25, -0.2) is 0 Å². The van der Waals surface area contributed by atoms with Crippen LogP contribution >= 0.6 is 0 Å². The molecule has 12 heavy (non-hydrogen) atoms. The van der Waals surface area contributed by atoms with Gasteiger partial charge in [0.25, 0.3) is 8.41 Å². The smallest absolute Gasteiger partial charge is 0.257 e. The third-order valence-electron chi connectivity index (χ3n) is 2.86. The van der Waals surface area contributed by atoms with Gasteiger partial charge in [-0.15, -0.1) is 0 Å². The van der Waals surface area contributed by atoms with Crippen LogP contribution in [0, 0.1) is 0 Å². The molecule has 0 bridgehead atoms. The van der Waals surface area contributed by atoms with Crippen molar-refractivity contribution in [3.63, 3.8) is 0 Å². The lowest BCUT2D eigenvalue weighted by Gasteiger charge is -2.44. The molecule has 0 unspecified atom stereocenters. The molecule has 0 nitrogen and oxygen atoms in total. The molecule has 0 aliphatic carbocycles.